The maximum absolute atomic E-state index is 15.4. The molecule has 0 atom stereocenters. The summed E-state index contributed by atoms with van der Waals surface area (Å²) in [7, 11) is 4.31. The van der Waals surface area contributed by atoms with Crippen LogP contribution >= 0.6 is 9.24 Å². The van der Waals surface area contributed by atoms with Crippen LogP contribution in [-0.2, 0) is 0 Å². The van der Waals surface area contributed by atoms with E-state index in [4.69, 9.17) is 0 Å². The van der Waals surface area contributed by atoms with Gasteiger partial charge >= 0.3 is 14.5 Å². The largest absolute Gasteiger partial charge is 1.24 e. The highest BCUT2D eigenvalue weighted by Crippen LogP contribution is 2.34. The number of aryl methyl sites for hydroxylation is 2. The Kier molecular flexibility index (Phi) is 21.0. The Labute approximate surface area is 521 Å². The van der Waals surface area contributed by atoms with Gasteiger partial charge in [0.25, 0.3) is 0 Å². The van der Waals surface area contributed by atoms with Crippen molar-refractivity contribution in [3.8, 4) is 0 Å². The van der Waals surface area contributed by atoms with Gasteiger partial charge in [-0.2, -0.15) is 0 Å². The van der Waals surface area contributed by atoms with Crippen LogP contribution in [0.15, 0.2) is 18.2 Å². The maximum Gasteiger partial charge on any atom is 1.24 e. The van der Waals surface area contributed by atoms with Gasteiger partial charge in [-0.25, -0.2) is 176 Å². The molecule has 0 saturated carbocycles. The lowest BCUT2D eigenvalue weighted by atomic mass is 9.12. The van der Waals surface area contributed by atoms with Crippen molar-refractivity contribution in [2.45, 2.75) is 13.8 Å². The van der Waals surface area contributed by atoms with Gasteiger partial charge in [0.05, 0.1) is 11.1 Å². The standard InChI is InChI=1S/2C24BF20.C8H9P/c2*26-5-1(6(27)14(35)21(42)13(5)34)25(2-7(28)15(36)22(43)16(37)8(2)29,3-9(30)17(38)23(44)18(39)10(3)31)4-11(32)19(40)24(45)20(41)12(4)33;1-6-4-3-5-7(2)8(6)9/h;;3-5H,1-2H3/q2*-1;+2. The molecule has 0 unspecified atom stereocenters. The van der Waals surface area contributed by atoms with Crippen LogP contribution in [0.3, 0.4) is 0 Å². The molecule has 0 saturated heterocycles. The lowest BCUT2D eigenvalue weighted by Crippen LogP contribution is -2.81. The number of rotatable bonds is 8. The molecule has 99 heavy (non-hydrogen) atoms. The Morgan fingerprint density at radius 2 is 0.242 bits per heavy atom. The molecule has 0 spiro atoms. The van der Waals surface area contributed by atoms with Crippen LogP contribution in [-0.4, -0.2) is 12.3 Å². The van der Waals surface area contributed by atoms with Gasteiger partial charge in [-0.05, 0) is 26.0 Å². The van der Waals surface area contributed by atoms with Crippen molar-refractivity contribution >= 4 is 70.5 Å². The fourth-order valence-electron chi connectivity index (χ4n) is 10.6. The van der Waals surface area contributed by atoms with Crippen LogP contribution in [0, 0.1) is 247 Å². The van der Waals surface area contributed by atoms with Crippen LogP contribution in [0.2, 0.25) is 0 Å². The van der Waals surface area contributed by atoms with Crippen LogP contribution < -0.4 is 49.0 Å². The molecule has 0 aliphatic heterocycles. The average Bonchev–Trinajstić information content (AvgIpc) is 0.688. The third kappa shape index (κ3) is 11.1. The van der Waals surface area contributed by atoms with Gasteiger partial charge in [-0.1, -0.05) is 6.07 Å². The van der Waals surface area contributed by atoms with Crippen molar-refractivity contribution in [1.29, 1.82) is 0 Å². The normalized spacial score (nSPS) is 11.8. The zero-order valence-electron chi connectivity index (χ0n) is 46.0. The lowest BCUT2D eigenvalue weighted by molar-refractivity contribution is 0.377. The molecule has 0 nitrogen and oxygen atoms in total. The van der Waals surface area contributed by atoms with Gasteiger partial charge in [0.1, 0.15) is 105 Å². The average molecular weight is 1490 g/mol. The highest BCUT2D eigenvalue weighted by Gasteiger charge is 2.55. The van der Waals surface area contributed by atoms with E-state index in [9.17, 15) is 105 Å². The molecule has 0 aromatic heterocycles. The van der Waals surface area contributed by atoms with E-state index in [1.54, 1.807) is 0 Å². The van der Waals surface area contributed by atoms with E-state index in [1.807, 2.05) is 6.07 Å². The molecule has 9 aromatic rings. The second-order valence-corrected chi connectivity index (χ2v) is 20.3. The first kappa shape index (κ1) is 77.0. The minimum atomic E-state index is -7.22. The second kappa shape index (κ2) is 27.0. The van der Waals surface area contributed by atoms with E-state index < -0.39 is 289 Å². The number of halogens is 40. The molecule has 0 bridgehead atoms. The van der Waals surface area contributed by atoms with Crippen LogP contribution in [0.1, 0.15) is 11.1 Å². The van der Waals surface area contributed by atoms with E-state index >= 15 is 70.2 Å². The Morgan fingerprint density at radius 3 is 0.323 bits per heavy atom. The van der Waals surface area contributed by atoms with Gasteiger partial charge in [-0.15, -0.1) is 43.7 Å². The quantitative estimate of drug-likeness (QED) is 0.0468. The van der Waals surface area contributed by atoms with Crippen molar-refractivity contribution in [1.82, 2.24) is 0 Å². The summed E-state index contributed by atoms with van der Waals surface area (Å²) in [4.78, 5) is 0. The number of hydrogen-bond donors (Lipinski definition) is 0. The SMILES string of the molecule is Cc1cccc(C)c1[P+2].Fc1c(F)c(F)c([B-](c2c(F)c(F)c(F)c(F)c2F)(c2c(F)c(F)c(F)c(F)c2F)c2c(F)c(F)c(F)c(F)c2F)c(F)c1F.Fc1c(F)c(F)c([B-](c2c(F)c(F)c(F)c(F)c2F)(c2c(F)c(F)c(F)c(F)c2F)c2c(F)c(F)c(F)c(F)c2F)c(F)c1F. The van der Waals surface area contributed by atoms with Gasteiger partial charge < -0.3 is 0 Å². The highest BCUT2D eigenvalue weighted by atomic mass is 31.0. The van der Waals surface area contributed by atoms with Gasteiger partial charge in [0, 0.05) is 0 Å². The summed E-state index contributed by atoms with van der Waals surface area (Å²) < 4.78 is 588. The summed E-state index contributed by atoms with van der Waals surface area (Å²) in [5.74, 6) is -143. The maximum atomic E-state index is 15.4. The third-order valence-electron chi connectivity index (χ3n) is 14.9. The minimum absolute atomic E-state index is 1.11. The summed E-state index contributed by atoms with van der Waals surface area (Å²) in [5.41, 5.74) is -26.2. The van der Waals surface area contributed by atoms with E-state index in [0.29, 0.717) is 0 Å². The van der Waals surface area contributed by atoms with Crippen molar-refractivity contribution in [3.05, 3.63) is 262 Å². The van der Waals surface area contributed by atoms with Crippen molar-refractivity contribution in [2.75, 3.05) is 0 Å². The van der Waals surface area contributed by atoms with E-state index in [1.165, 1.54) is 11.1 Å². The molecule has 9 rings (SSSR count). The molecule has 524 valence electrons. The molecule has 0 aliphatic carbocycles. The van der Waals surface area contributed by atoms with E-state index in [2.05, 4.69) is 35.2 Å². The summed E-state index contributed by atoms with van der Waals surface area (Å²) in [6, 6.07) is 6.18. The smallest absolute Gasteiger partial charge is 0.207 e. The Bertz CT molecular complexity index is 3870. The van der Waals surface area contributed by atoms with Gasteiger partial charge in [0.15, 0.2) is 140 Å². The molecule has 2 radical (unpaired) electrons. The molecule has 43 heteroatoms. The predicted octanol–water partition coefficient (Wildman–Crippen LogP) is 14.0. The van der Waals surface area contributed by atoms with Crippen molar-refractivity contribution in [2.24, 2.45) is 0 Å². The van der Waals surface area contributed by atoms with E-state index in [-0.39, 0.29) is 0 Å². The van der Waals surface area contributed by atoms with Crippen molar-refractivity contribution in [3.63, 3.8) is 0 Å². The van der Waals surface area contributed by atoms with Crippen molar-refractivity contribution < 1.29 is 176 Å². The molecular formula is C56H9B2F40P. The zero-order valence-corrected chi connectivity index (χ0v) is 46.8. The highest BCUT2D eigenvalue weighted by molar-refractivity contribution is 7.27. The van der Waals surface area contributed by atoms with Gasteiger partial charge in [0.2, 0.25) is 0 Å². The fraction of sp³-hybridized carbons (Fsp3) is 0.0357. The van der Waals surface area contributed by atoms with Crippen LogP contribution in [0.25, 0.3) is 0 Å². The first-order chi connectivity index (χ1) is 45.6. The van der Waals surface area contributed by atoms with Crippen LogP contribution in [0.5, 0.6) is 0 Å². The molecule has 0 amide bonds. The molecule has 9 aromatic carbocycles. The molecule has 0 aliphatic rings. The first-order valence-electron chi connectivity index (χ1n) is 24.8. The van der Waals surface area contributed by atoms with Crippen LogP contribution in [0.4, 0.5) is 176 Å². The molecule has 0 fully saturated rings. The minimum Gasteiger partial charge on any atom is -0.207 e. The van der Waals surface area contributed by atoms with Gasteiger partial charge in [-0.3, -0.25) is 0 Å². The molecular weight excluding hydrogens is 1490 g/mol. The second-order valence-electron chi connectivity index (χ2n) is 19.8. The number of hydrogen-bond acceptors (Lipinski definition) is 0. The first-order valence-corrected chi connectivity index (χ1v) is 25.3. The third-order valence-corrected chi connectivity index (χ3v) is 15.6. The molecule has 0 N–H and O–H groups in total. The summed E-state index contributed by atoms with van der Waals surface area (Å²) in [6.07, 6.45) is -14.4. The summed E-state index contributed by atoms with van der Waals surface area (Å²) in [5, 5.41) is 1.11. The topological polar surface area (TPSA) is 0 Å². The number of benzene rings is 9. The predicted molar refractivity (Wildman–Crippen MR) is 261 cm³/mol. The Morgan fingerprint density at radius 1 is 0.162 bits per heavy atom. The zero-order chi connectivity index (χ0) is 75.6. The monoisotopic (exact) mass is 1490 g/mol. The Balaban J connectivity index is 0.000000246. The molecule has 0 heterocycles. The van der Waals surface area contributed by atoms with E-state index in [0.717, 1.165) is 5.30 Å². The summed E-state index contributed by atoms with van der Waals surface area (Å²) in [6.45, 7) is 4.13. The lowest BCUT2D eigenvalue weighted by Gasteiger charge is -2.44. The summed E-state index contributed by atoms with van der Waals surface area (Å²) >= 11 is 0. The fourth-order valence-corrected chi connectivity index (χ4v) is 10.7. The Hall–Kier alpha value is -9.39.